The molecule has 0 atom stereocenters. The predicted octanol–water partition coefficient (Wildman–Crippen LogP) is 8.64. The highest BCUT2D eigenvalue weighted by Crippen LogP contribution is 2.31. The van der Waals surface area contributed by atoms with Crippen LogP contribution in [0, 0.1) is 0 Å². The van der Waals surface area contributed by atoms with Crippen LogP contribution in [0.2, 0.25) is 5.15 Å². The molecule has 0 saturated carbocycles. The maximum absolute atomic E-state index is 13.0. The SMILES string of the molecule is CNC(=O)c1ccc(Nc2cc(-n3ccc(C(F)(F)F)n3)c3ccccc3n2)cc1.FC(F)(F)c1ccn(-c2cc(Cl)nc3ccccc23)n1. The number of carbonyl (C=O) groups excluding carboxylic acids is 1. The van der Waals surface area contributed by atoms with Crippen molar-refractivity contribution < 1.29 is 31.1 Å². The Morgan fingerprint density at radius 3 is 1.68 bits per heavy atom. The second-order valence-electron chi connectivity index (χ2n) is 10.6. The molecule has 254 valence electrons. The van der Waals surface area contributed by atoms with Gasteiger partial charge in [-0.3, -0.25) is 4.79 Å². The zero-order valence-electron chi connectivity index (χ0n) is 25.6. The molecule has 9 nitrogen and oxygen atoms in total. The third-order valence-corrected chi connectivity index (χ3v) is 7.45. The number of rotatable bonds is 5. The second kappa shape index (κ2) is 13.5. The first kappa shape index (κ1) is 33.9. The fourth-order valence-corrected chi connectivity index (χ4v) is 5.14. The van der Waals surface area contributed by atoms with E-state index in [1.807, 2.05) is 0 Å². The number of hydrogen-bond donors (Lipinski definition) is 2. The summed E-state index contributed by atoms with van der Waals surface area (Å²) in [5, 5.41) is 14.4. The van der Waals surface area contributed by atoms with E-state index in [0.717, 1.165) is 16.8 Å². The summed E-state index contributed by atoms with van der Waals surface area (Å²) in [7, 11) is 1.55. The summed E-state index contributed by atoms with van der Waals surface area (Å²) in [6.45, 7) is 0. The summed E-state index contributed by atoms with van der Waals surface area (Å²) in [5.74, 6) is 0.229. The molecule has 3 aromatic carbocycles. The molecular weight excluding hydrogens is 686 g/mol. The van der Waals surface area contributed by atoms with Crippen LogP contribution in [-0.4, -0.2) is 42.5 Å². The van der Waals surface area contributed by atoms with E-state index in [1.165, 1.54) is 23.1 Å². The van der Waals surface area contributed by atoms with Gasteiger partial charge in [-0.05, 0) is 48.5 Å². The highest BCUT2D eigenvalue weighted by Gasteiger charge is 2.34. The average molecular weight is 709 g/mol. The number of pyridine rings is 2. The van der Waals surface area contributed by atoms with E-state index in [-0.39, 0.29) is 11.1 Å². The van der Waals surface area contributed by atoms with Crippen LogP contribution in [0.1, 0.15) is 21.7 Å². The largest absolute Gasteiger partial charge is 0.435 e. The van der Waals surface area contributed by atoms with Crippen LogP contribution in [0.15, 0.2) is 109 Å². The molecule has 2 N–H and O–H groups in total. The number of carbonyl (C=O) groups is 1. The molecule has 16 heteroatoms. The first-order valence-corrected chi connectivity index (χ1v) is 15.0. The van der Waals surface area contributed by atoms with E-state index in [0.29, 0.717) is 50.2 Å². The van der Waals surface area contributed by atoms with E-state index in [1.54, 1.807) is 85.9 Å². The summed E-state index contributed by atoms with van der Waals surface area (Å²) in [5.41, 5.74) is 1.37. The van der Waals surface area contributed by atoms with Crippen molar-refractivity contribution in [3.05, 3.63) is 132 Å². The quantitative estimate of drug-likeness (QED) is 0.137. The van der Waals surface area contributed by atoms with Gasteiger partial charge in [0.1, 0.15) is 11.0 Å². The van der Waals surface area contributed by atoms with Crippen molar-refractivity contribution in [2.24, 2.45) is 0 Å². The Bertz CT molecular complexity index is 2320. The van der Waals surface area contributed by atoms with Gasteiger partial charge >= 0.3 is 12.4 Å². The van der Waals surface area contributed by atoms with E-state index in [4.69, 9.17) is 11.6 Å². The van der Waals surface area contributed by atoms with Crippen molar-refractivity contribution in [3.8, 4) is 11.4 Å². The van der Waals surface area contributed by atoms with E-state index in [2.05, 4.69) is 30.8 Å². The van der Waals surface area contributed by atoms with E-state index in [9.17, 15) is 31.1 Å². The summed E-state index contributed by atoms with van der Waals surface area (Å²) >= 11 is 5.90. The molecule has 7 rings (SSSR count). The van der Waals surface area contributed by atoms with E-state index < -0.39 is 23.7 Å². The number of amides is 1. The number of para-hydroxylation sites is 2. The number of aromatic nitrogens is 6. The monoisotopic (exact) mass is 708 g/mol. The van der Waals surface area contributed by atoms with Gasteiger partial charge in [0.15, 0.2) is 11.4 Å². The molecule has 0 radical (unpaired) electrons. The molecule has 0 spiro atoms. The number of hydrogen-bond acceptors (Lipinski definition) is 6. The molecule has 1 amide bonds. The predicted molar refractivity (Wildman–Crippen MR) is 176 cm³/mol. The van der Waals surface area contributed by atoms with Gasteiger partial charge in [0, 0.05) is 53.6 Å². The lowest BCUT2D eigenvalue weighted by Crippen LogP contribution is -2.17. The Balaban J connectivity index is 0.000000187. The molecule has 4 aromatic heterocycles. The Morgan fingerprint density at radius 1 is 0.680 bits per heavy atom. The van der Waals surface area contributed by atoms with Crippen molar-refractivity contribution in [2.75, 3.05) is 12.4 Å². The second-order valence-corrected chi connectivity index (χ2v) is 11.0. The molecule has 0 fully saturated rings. The maximum Gasteiger partial charge on any atom is 0.435 e. The first-order valence-electron chi connectivity index (χ1n) is 14.6. The number of anilines is 2. The van der Waals surface area contributed by atoms with Crippen molar-refractivity contribution >= 4 is 50.8 Å². The Labute approximate surface area is 284 Å². The lowest BCUT2D eigenvalue weighted by molar-refractivity contribution is -0.142. The van der Waals surface area contributed by atoms with Crippen LogP contribution < -0.4 is 10.6 Å². The highest BCUT2D eigenvalue weighted by atomic mass is 35.5. The number of fused-ring (bicyclic) bond motifs is 2. The zero-order valence-corrected chi connectivity index (χ0v) is 26.4. The topological polar surface area (TPSA) is 103 Å². The number of nitrogens with zero attached hydrogens (tertiary/aromatic N) is 6. The fourth-order valence-electron chi connectivity index (χ4n) is 4.94. The third kappa shape index (κ3) is 7.37. The van der Waals surface area contributed by atoms with Crippen molar-refractivity contribution in [3.63, 3.8) is 0 Å². The van der Waals surface area contributed by atoms with Gasteiger partial charge in [0.2, 0.25) is 0 Å². The van der Waals surface area contributed by atoms with Crippen molar-refractivity contribution in [1.29, 1.82) is 0 Å². The molecule has 50 heavy (non-hydrogen) atoms. The van der Waals surface area contributed by atoms with Crippen LogP contribution in [0.4, 0.5) is 37.8 Å². The Kier molecular flexibility index (Phi) is 9.17. The normalized spacial score (nSPS) is 11.7. The molecule has 0 unspecified atom stereocenters. The van der Waals surface area contributed by atoms with Gasteiger partial charge < -0.3 is 10.6 Å². The van der Waals surface area contributed by atoms with Crippen LogP contribution in [0.25, 0.3) is 33.2 Å². The molecular formula is C34H23ClF6N8O. The number of benzene rings is 3. The van der Waals surface area contributed by atoms with E-state index >= 15 is 0 Å². The minimum Gasteiger partial charge on any atom is -0.355 e. The first-order chi connectivity index (χ1) is 23.8. The molecule has 0 aliphatic rings. The summed E-state index contributed by atoms with van der Waals surface area (Å²) in [4.78, 5) is 20.3. The Morgan fingerprint density at radius 2 is 1.18 bits per heavy atom. The third-order valence-electron chi connectivity index (χ3n) is 7.26. The summed E-state index contributed by atoms with van der Waals surface area (Å²) < 4.78 is 79.1. The molecule has 0 aliphatic carbocycles. The smallest absolute Gasteiger partial charge is 0.355 e. The molecule has 7 aromatic rings. The number of alkyl halides is 6. The Hall–Kier alpha value is -5.96. The van der Waals surface area contributed by atoms with Gasteiger partial charge in [-0.2, -0.15) is 36.5 Å². The average Bonchev–Trinajstić information content (AvgIpc) is 3.80. The van der Waals surface area contributed by atoms with Crippen molar-refractivity contribution in [2.45, 2.75) is 12.4 Å². The van der Waals surface area contributed by atoms with Gasteiger partial charge in [0.25, 0.3) is 5.91 Å². The molecule has 0 saturated heterocycles. The zero-order chi connectivity index (χ0) is 35.6. The van der Waals surface area contributed by atoms with Crippen LogP contribution in [0.5, 0.6) is 0 Å². The fraction of sp³-hybridized carbons (Fsp3) is 0.0882. The van der Waals surface area contributed by atoms with Gasteiger partial charge in [-0.25, -0.2) is 19.3 Å². The lowest BCUT2D eigenvalue weighted by atomic mass is 10.1. The van der Waals surface area contributed by atoms with Crippen LogP contribution >= 0.6 is 11.6 Å². The summed E-state index contributed by atoms with van der Waals surface area (Å²) in [6.07, 6.45) is -6.48. The standard InChI is InChI=1S/C21H16F3N5O.C13H7ClF3N3/c1-25-20(30)13-6-8-14(9-7-13)26-19-12-17(15-4-2-3-5-16(15)27-19)29-11-10-18(28-29)21(22,23)24;14-12-7-10(8-3-1-2-4-9(8)18-12)20-6-5-11(19-20)13(15,16)17/h2-12H,1H3,(H,25,30)(H,26,27);1-7H. The van der Waals surface area contributed by atoms with Gasteiger partial charge in [-0.15, -0.1) is 0 Å². The lowest BCUT2D eigenvalue weighted by Gasteiger charge is -2.12. The van der Waals surface area contributed by atoms with Gasteiger partial charge in [0.05, 0.1) is 22.4 Å². The molecule has 0 aliphatic heterocycles. The van der Waals surface area contributed by atoms with Crippen molar-refractivity contribution in [1.82, 2.24) is 34.8 Å². The highest BCUT2D eigenvalue weighted by molar-refractivity contribution is 6.30. The van der Waals surface area contributed by atoms with Gasteiger partial charge in [-0.1, -0.05) is 48.0 Å². The molecule has 0 bridgehead atoms. The number of nitrogens with one attached hydrogen (secondary N) is 2. The number of halogens is 7. The van der Waals surface area contributed by atoms with Crippen LogP contribution in [-0.2, 0) is 12.4 Å². The summed E-state index contributed by atoms with van der Waals surface area (Å²) in [6, 6.07) is 25.9. The van der Waals surface area contributed by atoms with Crippen LogP contribution in [0.3, 0.4) is 0 Å². The maximum atomic E-state index is 13.0. The minimum atomic E-state index is -4.53. The minimum absolute atomic E-state index is 0.197. The molecule has 4 heterocycles.